The lowest BCUT2D eigenvalue weighted by molar-refractivity contribution is 0.263. The summed E-state index contributed by atoms with van der Waals surface area (Å²) in [5.74, 6) is 0.932. The first-order valence-corrected chi connectivity index (χ1v) is 6.02. The van der Waals surface area contributed by atoms with E-state index in [0.29, 0.717) is 0 Å². The molecule has 0 bridgehead atoms. The Morgan fingerprint density at radius 2 is 2.00 bits per heavy atom. The maximum atomic E-state index is 12.6. The van der Waals surface area contributed by atoms with E-state index in [1.807, 2.05) is 6.26 Å². The summed E-state index contributed by atoms with van der Waals surface area (Å²) < 4.78 is 12.6. The van der Waals surface area contributed by atoms with Crippen LogP contribution in [-0.4, -0.2) is 23.7 Å². The van der Waals surface area contributed by atoms with E-state index >= 15 is 0 Å². The highest BCUT2D eigenvalue weighted by molar-refractivity contribution is 7.98. The molecule has 0 amide bonds. The molecule has 0 fully saturated rings. The Morgan fingerprint density at radius 3 is 2.50 bits per heavy atom. The van der Waals surface area contributed by atoms with Crippen molar-refractivity contribution in [1.82, 2.24) is 0 Å². The Labute approximate surface area is 88.3 Å². The Balaban J connectivity index is 2.64. The van der Waals surface area contributed by atoms with Gasteiger partial charge in [0.1, 0.15) is 5.82 Å². The molecular formula is C11H15FOS. The fourth-order valence-corrected chi connectivity index (χ4v) is 1.88. The number of thioether (sulfide) groups is 1. The minimum atomic E-state index is -0.227. The SMILES string of the molecule is CSCCC(CO)c1ccc(F)cc1. The van der Waals surface area contributed by atoms with Crippen molar-refractivity contribution < 1.29 is 9.50 Å². The van der Waals surface area contributed by atoms with Crippen molar-refractivity contribution in [2.75, 3.05) is 18.6 Å². The summed E-state index contributed by atoms with van der Waals surface area (Å²) >= 11 is 1.76. The van der Waals surface area contributed by atoms with Crippen molar-refractivity contribution in [3.05, 3.63) is 35.6 Å². The number of halogens is 1. The number of aliphatic hydroxyl groups excluding tert-OH is 1. The molecule has 0 saturated carbocycles. The van der Waals surface area contributed by atoms with Crippen LogP contribution in [0.1, 0.15) is 17.9 Å². The summed E-state index contributed by atoms with van der Waals surface area (Å²) in [4.78, 5) is 0. The van der Waals surface area contributed by atoms with Crippen molar-refractivity contribution in [2.24, 2.45) is 0 Å². The summed E-state index contributed by atoms with van der Waals surface area (Å²) in [7, 11) is 0. The van der Waals surface area contributed by atoms with Gasteiger partial charge in [0.05, 0.1) is 0 Å². The average Bonchev–Trinajstić information content (AvgIpc) is 2.21. The lowest BCUT2D eigenvalue weighted by Crippen LogP contribution is -2.05. The molecule has 1 N–H and O–H groups in total. The fraction of sp³-hybridized carbons (Fsp3) is 0.455. The largest absolute Gasteiger partial charge is 0.396 e. The van der Waals surface area contributed by atoms with Gasteiger partial charge in [0, 0.05) is 12.5 Å². The van der Waals surface area contributed by atoms with Crippen LogP contribution in [0.25, 0.3) is 0 Å². The smallest absolute Gasteiger partial charge is 0.123 e. The second-order valence-corrected chi connectivity index (χ2v) is 4.20. The molecule has 0 aliphatic rings. The van der Waals surface area contributed by atoms with Gasteiger partial charge in [-0.1, -0.05) is 12.1 Å². The molecule has 0 saturated heterocycles. The van der Waals surface area contributed by atoms with E-state index in [0.717, 1.165) is 17.7 Å². The van der Waals surface area contributed by atoms with Gasteiger partial charge in [0.2, 0.25) is 0 Å². The van der Waals surface area contributed by atoms with Crippen molar-refractivity contribution in [3.63, 3.8) is 0 Å². The predicted octanol–water partition coefficient (Wildman–Crippen LogP) is 2.65. The molecule has 0 aromatic heterocycles. The topological polar surface area (TPSA) is 20.2 Å². The second kappa shape index (κ2) is 6.04. The van der Waals surface area contributed by atoms with E-state index < -0.39 is 0 Å². The predicted molar refractivity (Wildman–Crippen MR) is 59.2 cm³/mol. The van der Waals surface area contributed by atoms with Crippen molar-refractivity contribution in [3.8, 4) is 0 Å². The monoisotopic (exact) mass is 214 g/mol. The van der Waals surface area contributed by atoms with E-state index in [9.17, 15) is 9.50 Å². The molecule has 1 nitrogen and oxygen atoms in total. The van der Waals surface area contributed by atoms with Crippen LogP contribution < -0.4 is 0 Å². The van der Waals surface area contributed by atoms with E-state index in [2.05, 4.69) is 0 Å². The molecule has 1 unspecified atom stereocenters. The normalized spacial score (nSPS) is 12.8. The molecule has 14 heavy (non-hydrogen) atoms. The standard InChI is InChI=1S/C11H15FOS/c1-14-7-6-10(8-13)9-2-4-11(12)5-3-9/h2-5,10,13H,6-8H2,1H3. The molecule has 1 aromatic carbocycles. The molecular weight excluding hydrogens is 199 g/mol. The zero-order valence-electron chi connectivity index (χ0n) is 8.24. The van der Waals surface area contributed by atoms with Gasteiger partial charge in [0.15, 0.2) is 0 Å². The highest BCUT2D eigenvalue weighted by Crippen LogP contribution is 2.20. The van der Waals surface area contributed by atoms with Crippen LogP contribution in [0.15, 0.2) is 24.3 Å². The highest BCUT2D eigenvalue weighted by Gasteiger charge is 2.09. The van der Waals surface area contributed by atoms with Crippen LogP contribution in [0.3, 0.4) is 0 Å². The number of hydrogen-bond donors (Lipinski definition) is 1. The zero-order valence-corrected chi connectivity index (χ0v) is 9.06. The Kier molecular flexibility index (Phi) is 4.98. The maximum Gasteiger partial charge on any atom is 0.123 e. The van der Waals surface area contributed by atoms with Gasteiger partial charge in [-0.2, -0.15) is 11.8 Å². The molecule has 0 radical (unpaired) electrons. The Morgan fingerprint density at radius 1 is 1.36 bits per heavy atom. The molecule has 0 aliphatic carbocycles. The third-order valence-corrected chi connectivity index (χ3v) is 2.88. The van der Waals surface area contributed by atoms with Crippen LogP contribution in [0.2, 0.25) is 0 Å². The molecule has 0 spiro atoms. The lowest BCUT2D eigenvalue weighted by atomic mass is 9.97. The van der Waals surface area contributed by atoms with Gasteiger partial charge in [-0.15, -0.1) is 0 Å². The number of hydrogen-bond acceptors (Lipinski definition) is 2. The summed E-state index contributed by atoms with van der Waals surface area (Å²) in [6, 6.07) is 6.38. The van der Waals surface area contributed by atoms with Crippen molar-refractivity contribution in [2.45, 2.75) is 12.3 Å². The Bertz CT molecular complexity index is 260. The van der Waals surface area contributed by atoms with Gasteiger partial charge in [-0.05, 0) is 36.1 Å². The minimum absolute atomic E-state index is 0.131. The molecule has 78 valence electrons. The second-order valence-electron chi connectivity index (χ2n) is 3.21. The van der Waals surface area contributed by atoms with Gasteiger partial charge in [-0.3, -0.25) is 0 Å². The third-order valence-electron chi connectivity index (χ3n) is 2.23. The van der Waals surface area contributed by atoms with Crippen LogP contribution in [0, 0.1) is 5.82 Å². The van der Waals surface area contributed by atoms with Crippen LogP contribution in [0.5, 0.6) is 0 Å². The molecule has 1 rings (SSSR count). The molecule has 3 heteroatoms. The van der Waals surface area contributed by atoms with Crippen LogP contribution >= 0.6 is 11.8 Å². The molecule has 1 atom stereocenters. The maximum absolute atomic E-state index is 12.6. The first kappa shape index (κ1) is 11.5. The minimum Gasteiger partial charge on any atom is -0.396 e. The van der Waals surface area contributed by atoms with E-state index in [4.69, 9.17) is 0 Å². The van der Waals surface area contributed by atoms with E-state index in [-0.39, 0.29) is 18.3 Å². The fourth-order valence-electron chi connectivity index (χ4n) is 1.36. The number of aliphatic hydroxyl groups is 1. The lowest BCUT2D eigenvalue weighted by Gasteiger charge is -2.13. The molecule has 1 aromatic rings. The average molecular weight is 214 g/mol. The van der Waals surface area contributed by atoms with Crippen LogP contribution in [0.4, 0.5) is 4.39 Å². The quantitative estimate of drug-likeness (QED) is 0.813. The van der Waals surface area contributed by atoms with Crippen molar-refractivity contribution >= 4 is 11.8 Å². The zero-order chi connectivity index (χ0) is 10.4. The molecule has 0 heterocycles. The van der Waals surface area contributed by atoms with Gasteiger partial charge >= 0.3 is 0 Å². The number of rotatable bonds is 5. The first-order chi connectivity index (χ1) is 6.77. The van der Waals surface area contributed by atoms with Crippen LogP contribution in [-0.2, 0) is 0 Å². The van der Waals surface area contributed by atoms with Gasteiger partial charge < -0.3 is 5.11 Å². The first-order valence-electron chi connectivity index (χ1n) is 4.63. The van der Waals surface area contributed by atoms with E-state index in [1.165, 1.54) is 12.1 Å². The summed E-state index contributed by atoms with van der Waals surface area (Å²) in [5, 5.41) is 9.17. The third kappa shape index (κ3) is 3.31. The van der Waals surface area contributed by atoms with E-state index in [1.54, 1.807) is 23.9 Å². The molecule has 0 aliphatic heterocycles. The summed E-state index contributed by atoms with van der Waals surface area (Å²) in [6.45, 7) is 0.131. The summed E-state index contributed by atoms with van der Waals surface area (Å²) in [6.07, 6.45) is 2.97. The summed E-state index contributed by atoms with van der Waals surface area (Å²) in [5.41, 5.74) is 1.02. The number of benzene rings is 1. The van der Waals surface area contributed by atoms with Gasteiger partial charge in [-0.25, -0.2) is 4.39 Å². The highest BCUT2D eigenvalue weighted by atomic mass is 32.2. The van der Waals surface area contributed by atoms with Crippen molar-refractivity contribution in [1.29, 1.82) is 0 Å². The Hall–Kier alpha value is -0.540. The van der Waals surface area contributed by atoms with Gasteiger partial charge in [0.25, 0.3) is 0 Å².